The zero-order valence-electron chi connectivity index (χ0n) is 30.1. The van der Waals surface area contributed by atoms with E-state index in [1.807, 2.05) is 35.6 Å². The molecule has 0 saturated heterocycles. The van der Waals surface area contributed by atoms with Gasteiger partial charge in [-0.15, -0.1) is 11.3 Å². The van der Waals surface area contributed by atoms with Crippen molar-refractivity contribution >= 4 is 103 Å². The molecule has 0 N–H and O–H groups in total. The number of rotatable bonds is 5. The third-order valence-electron chi connectivity index (χ3n) is 11.3. The number of furan rings is 2. The van der Waals surface area contributed by atoms with E-state index in [9.17, 15) is 0 Å². The first-order chi connectivity index (χ1) is 27.7. The molecule has 0 radical (unpaired) electrons. The van der Waals surface area contributed by atoms with Gasteiger partial charge in [-0.25, -0.2) is 0 Å². The summed E-state index contributed by atoms with van der Waals surface area (Å²) in [6.45, 7) is 0. The van der Waals surface area contributed by atoms with Crippen LogP contribution in [0.5, 0.6) is 0 Å². The lowest BCUT2D eigenvalue weighted by molar-refractivity contribution is 0.669. The van der Waals surface area contributed by atoms with Crippen molar-refractivity contribution in [3.63, 3.8) is 0 Å². The Morgan fingerprint density at radius 1 is 0.357 bits per heavy atom. The highest BCUT2D eigenvalue weighted by Crippen LogP contribution is 2.44. The molecule has 3 nitrogen and oxygen atoms in total. The van der Waals surface area contributed by atoms with E-state index in [2.05, 4.69) is 169 Å². The monoisotopic (exact) mass is 733 g/mol. The summed E-state index contributed by atoms with van der Waals surface area (Å²) in [6, 6.07) is 67.2. The van der Waals surface area contributed by atoms with Gasteiger partial charge in [-0.2, -0.15) is 0 Å². The highest BCUT2D eigenvalue weighted by atomic mass is 32.1. The van der Waals surface area contributed by atoms with Gasteiger partial charge in [0.1, 0.15) is 22.3 Å². The lowest BCUT2D eigenvalue weighted by atomic mass is 10.0. The zero-order chi connectivity index (χ0) is 36.7. The Kier molecular flexibility index (Phi) is 6.80. The highest BCUT2D eigenvalue weighted by molar-refractivity contribution is 7.26. The molecular weight excluding hydrogens is 703 g/mol. The van der Waals surface area contributed by atoms with Crippen molar-refractivity contribution in [3.8, 4) is 22.3 Å². The van der Waals surface area contributed by atoms with Gasteiger partial charge in [0.25, 0.3) is 0 Å². The van der Waals surface area contributed by atoms with E-state index < -0.39 is 0 Å². The summed E-state index contributed by atoms with van der Waals surface area (Å²) in [6.07, 6.45) is 0. The second kappa shape index (κ2) is 12.2. The van der Waals surface area contributed by atoms with Crippen LogP contribution in [0.3, 0.4) is 0 Å². The first-order valence-corrected chi connectivity index (χ1v) is 19.7. The molecule has 0 fully saturated rings. The van der Waals surface area contributed by atoms with Crippen molar-refractivity contribution in [2.75, 3.05) is 4.90 Å². The molecule has 0 aliphatic rings. The van der Waals surface area contributed by atoms with Crippen molar-refractivity contribution in [3.05, 3.63) is 188 Å². The fourth-order valence-electron chi connectivity index (χ4n) is 8.61. The van der Waals surface area contributed by atoms with E-state index in [0.717, 1.165) is 83.2 Å². The Labute approximate surface area is 325 Å². The lowest BCUT2D eigenvalue weighted by Crippen LogP contribution is -2.09. The summed E-state index contributed by atoms with van der Waals surface area (Å²) in [7, 11) is 0. The van der Waals surface area contributed by atoms with Gasteiger partial charge in [-0.3, -0.25) is 0 Å². The number of anilines is 3. The molecule has 262 valence electrons. The van der Waals surface area contributed by atoms with E-state index in [-0.39, 0.29) is 0 Å². The second-order valence-electron chi connectivity index (χ2n) is 14.4. The van der Waals surface area contributed by atoms with Crippen LogP contribution in [0.4, 0.5) is 17.1 Å². The van der Waals surface area contributed by atoms with Crippen LogP contribution in [-0.4, -0.2) is 0 Å². The third-order valence-corrected chi connectivity index (χ3v) is 12.5. The first-order valence-electron chi connectivity index (χ1n) is 18.9. The van der Waals surface area contributed by atoms with Crippen LogP contribution >= 0.6 is 11.3 Å². The summed E-state index contributed by atoms with van der Waals surface area (Å²) in [4.78, 5) is 2.36. The normalized spacial score (nSPS) is 11.9. The van der Waals surface area contributed by atoms with Gasteiger partial charge >= 0.3 is 0 Å². The van der Waals surface area contributed by atoms with E-state index in [1.165, 1.54) is 30.9 Å². The Bertz CT molecular complexity index is 3320. The molecule has 0 unspecified atom stereocenters. The number of thiophene rings is 1. The molecule has 0 bridgehead atoms. The summed E-state index contributed by atoms with van der Waals surface area (Å²) < 4.78 is 15.4. The minimum Gasteiger partial charge on any atom is -0.455 e. The first kappa shape index (κ1) is 31.2. The molecule has 3 heterocycles. The molecule has 0 aliphatic carbocycles. The van der Waals surface area contributed by atoms with Crippen LogP contribution in [-0.2, 0) is 0 Å². The van der Waals surface area contributed by atoms with E-state index in [4.69, 9.17) is 8.83 Å². The molecule has 3 aromatic heterocycles. The average molecular weight is 734 g/mol. The van der Waals surface area contributed by atoms with Gasteiger partial charge in [-0.05, 0) is 70.4 Å². The number of benzene rings is 9. The summed E-state index contributed by atoms with van der Waals surface area (Å²) in [5.74, 6) is 0. The minimum absolute atomic E-state index is 0.905. The van der Waals surface area contributed by atoms with E-state index in [1.54, 1.807) is 0 Å². The number of nitrogens with zero attached hydrogens (tertiary/aromatic N) is 1. The van der Waals surface area contributed by atoms with Gasteiger partial charge in [0.2, 0.25) is 0 Å². The molecule has 0 amide bonds. The van der Waals surface area contributed by atoms with Crippen LogP contribution in [0.25, 0.3) is 97.1 Å². The molecule has 9 aromatic carbocycles. The Hall–Kier alpha value is -7.14. The van der Waals surface area contributed by atoms with Gasteiger partial charge in [-0.1, -0.05) is 140 Å². The smallest absolute Gasteiger partial charge is 0.143 e. The van der Waals surface area contributed by atoms with Crippen LogP contribution in [0.15, 0.2) is 197 Å². The fraction of sp³-hybridized carbons (Fsp3) is 0. The van der Waals surface area contributed by atoms with E-state index in [0.29, 0.717) is 0 Å². The third kappa shape index (κ3) is 4.76. The van der Waals surface area contributed by atoms with Crippen molar-refractivity contribution in [2.45, 2.75) is 0 Å². The standard InChI is InChI=1S/C52H31NO2S/c1-2-10-40-32(9-1)23-29-46-43-30-28-37(31-49(43)56-52(40)46)53(35-24-19-33(20-25-35)38-13-7-15-44-41-11-3-5-17-47(41)54-50(38)44)36-26-21-34(22-27-36)39-14-8-16-45-42-12-4-6-18-48(42)55-51(39)45/h1-31H. The maximum atomic E-state index is 6.42. The Morgan fingerprint density at radius 2 is 0.857 bits per heavy atom. The van der Waals surface area contributed by atoms with Gasteiger partial charge < -0.3 is 13.7 Å². The molecule has 0 atom stereocenters. The quantitative estimate of drug-likeness (QED) is 0.176. The molecule has 0 aliphatic heterocycles. The fourth-order valence-corrected chi connectivity index (χ4v) is 9.88. The minimum atomic E-state index is 0.905. The van der Waals surface area contributed by atoms with Crippen molar-refractivity contribution in [1.82, 2.24) is 0 Å². The SMILES string of the molecule is c1ccc2c(c1)ccc1c3ccc(N(c4ccc(-c5cccc6c5oc5ccccc56)cc4)c4ccc(-c5cccc6c5oc5ccccc56)cc4)cc3sc21. The summed E-state index contributed by atoms with van der Waals surface area (Å²) in [5, 5.41) is 9.69. The van der Waals surface area contributed by atoms with Crippen LogP contribution in [0.2, 0.25) is 0 Å². The topological polar surface area (TPSA) is 29.5 Å². The van der Waals surface area contributed by atoms with Gasteiger partial charge in [0.15, 0.2) is 0 Å². The Balaban J connectivity index is 0.996. The number of hydrogen-bond donors (Lipinski definition) is 0. The Morgan fingerprint density at radius 3 is 1.46 bits per heavy atom. The lowest BCUT2D eigenvalue weighted by Gasteiger charge is -2.26. The zero-order valence-corrected chi connectivity index (χ0v) is 30.9. The number of hydrogen-bond acceptors (Lipinski definition) is 4. The maximum Gasteiger partial charge on any atom is 0.143 e. The number of fused-ring (bicyclic) bond motifs is 11. The molecule has 56 heavy (non-hydrogen) atoms. The highest BCUT2D eigenvalue weighted by Gasteiger charge is 2.18. The predicted octanol–water partition coefficient (Wildman–Crippen LogP) is 15.8. The number of para-hydroxylation sites is 4. The molecule has 0 saturated carbocycles. The maximum absolute atomic E-state index is 6.42. The average Bonchev–Trinajstić information content (AvgIpc) is 3.96. The summed E-state index contributed by atoms with van der Waals surface area (Å²) in [5.41, 5.74) is 11.3. The van der Waals surface area contributed by atoms with Crippen LogP contribution in [0, 0.1) is 0 Å². The van der Waals surface area contributed by atoms with Gasteiger partial charge in [0, 0.05) is 69.9 Å². The van der Waals surface area contributed by atoms with E-state index >= 15 is 0 Å². The van der Waals surface area contributed by atoms with Crippen molar-refractivity contribution in [2.24, 2.45) is 0 Å². The molecular formula is C52H31NO2S. The van der Waals surface area contributed by atoms with Crippen LogP contribution < -0.4 is 4.90 Å². The van der Waals surface area contributed by atoms with Crippen LogP contribution in [0.1, 0.15) is 0 Å². The van der Waals surface area contributed by atoms with Gasteiger partial charge in [0.05, 0.1) is 0 Å². The largest absolute Gasteiger partial charge is 0.455 e. The molecule has 12 rings (SSSR count). The molecule has 0 spiro atoms. The molecule has 12 aromatic rings. The molecule has 4 heteroatoms. The summed E-state index contributed by atoms with van der Waals surface area (Å²) >= 11 is 1.87. The second-order valence-corrected chi connectivity index (χ2v) is 15.5. The predicted molar refractivity (Wildman–Crippen MR) is 237 cm³/mol. The van der Waals surface area contributed by atoms with Crippen molar-refractivity contribution < 1.29 is 8.83 Å². The van der Waals surface area contributed by atoms with Crippen molar-refractivity contribution in [1.29, 1.82) is 0 Å².